The lowest BCUT2D eigenvalue weighted by atomic mass is 9.97. The lowest BCUT2D eigenvalue weighted by molar-refractivity contribution is -0.157. The van der Waals surface area contributed by atoms with E-state index in [1.165, 1.54) is 27.4 Å². The molecule has 0 bridgehead atoms. The van der Waals surface area contributed by atoms with Crippen molar-refractivity contribution in [3.05, 3.63) is 35.6 Å². The zero-order valence-electron chi connectivity index (χ0n) is 17.2. The Morgan fingerprint density at radius 1 is 1.10 bits per heavy atom. The van der Waals surface area contributed by atoms with Crippen molar-refractivity contribution >= 4 is 12.0 Å². The van der Waals surface area contributed by atoms with Gasteiger partial charge in [0.05, 0.1) is 21.3 Å². The summed E-state index contributed by atoms with van der Waals surface area (Å²) in [5.41, 5.74) is 0.684. The highest BCUT2D eigenvalue weighted by molar-refractivity contribution is 5.92. The van der Waals surface area contributed by atoms with E-state index in [1.807, 2.05) is 0 Å². The molecule has 0 aliphatic carbocycles. The molecule has 1 saturated heterocycles. The molecule has 0 spiro atoms. The van der Waals surface area contributed by atoms with Crippen LogP contribution in [0.4, 0.5) is 13.2 Å². The maximum Gasteiger partial charge on any atom is 0.470 e. The summed E-state index contributed by atoms with van der Waals surface area (Å²) in [5, 5.41) is 6.57. The average molecular weight is 441 g/mol. The maximum atomic E-state index is 12.6. The Morgan fingerprint density at radius 2 is 1.71 bits per heavy atom. The first-order valence-corrected chi connectivity index (χ1v) is 9.44. The van der Waals surface area contributed by atoms with E-state index in [-0.39, 0.29) is 17.7 Å². The van der Waals surface area contributed by atoms with Gasteiger partial charge in [0.1, 0.15) is 0 Å². The van der Waals surface area contributed by atoms with Crippen molar-refractivity contribution in [3.63, 3.8) is 0 Å². The summed E-state index contributed by atoms with van der Waals surface area (Å²) in [7, 11) is 4.50. The van der Waals surface area contributed by atoms with Crippen LogP contribution in [0.3, 0.4) is 0 Å². The second-order valence-electron chi connectivity index (χ2n) is 6.83. The van der Waals surface area contributed by atoms with E-state index in [2.05, 4.69) is 10.2 Å². The number of piperidine rings is 1. The molecule has 1 aliphatic heterocycles. The van der Waals surface area contributed by atoms with Crippen molar-refractivity contribution in [2.75, 3.05) is 34.4 Å². The van der Waals surface area contributed by atoms with E-state index >= 15 is 0 Å². The van der Waals surface area contributed by atoms with Gasteiger partial charge in [-0.3, -0.25) is 4.79 Å². The zero-order chi connectivity index (χ0) is 22.6. The third-order valence-electron chi connectivity index (χ3n) is 4.94. The van der Waals surface area contributed by atoms with Gasteiger partial charge in [0.2, 0.25) is 17.5 Å². The van der Waals surface area contributed by atoms with Gasteiger partial charge in [-0.2, -0.15) is 13.2 Å². The van der Waals surface area contributed by atoms with Crippen LogP contribution in [-0.4, -0.2) is 55.4 Å². The second-order valence-corrected chi connectivity index (χ2v) is 6.83. The predicted molar refractivity (Wildman–Crippen MR) is 103 cm³/mol. The maximum absolute atomic E-state index is 12.6. The van der Waals surface area contributed by atoms with Gasteiger partial charge >= 0.3 is 12.1 Å². The first kappa shape index (κ1) is 22.4. The fourth-order valence-electron chi connectivity index (χ4n) is 3.33. The number of carbonyl (C=O) groups excluding carboxylic acids is 1. The molecular weight excluding hydrogens is 419 g/mol. The fourth-order valence-corrected chi connectivity index (χ4v) is 3.33. The Hall–Kier alpha value is -3.24. The number of halogens is 3. The number of amides is 1. The van der Waals surface area contributed by atoms with Crippen LogP contribution in [0.1, 0.15) is 36.1 Å². The Balaban J connectivity index is 1.62. The molecule has 2 aromatic rings. The number of aromatic nitrogens is 2. The fraction of sp³-hybridized carbons (Fsp3) is 0.450. The van der Waals surface area contributed by atoms with Crippen molar-refractivity contribution in [1.82, 2.24) is 15.1 Å². The molecule has 3 rings (SSSR count). The Labute approximate surface area is 176 Å². The molecule has 2 heterocycles. The Bertz CT molecular complexity index is 925. The molecule has 0 unspecified atom stereocenters. The number of methoxy groups -OCH3 is 3. The minimum atomic E-state index is -4.67. The molecule has 0 radical (unpaired) electrons. The smallest absolute Gasteiger partial charge is 0.470 e. The largest absolute Gasteiger partial charge is 0.493 e. The Morgan fingerprint density at radius 3 is 2.19 bits per heavy atom. The number of hydrogen-bond donors (Lipinski definition) is 0. The van der Waals surface area contributed by atoms with Crippen LogP contribution in [0.25, 0.3) is 6.08 Å². The third kappa shape index (κ3) is 5.09. The number of nitrogens with zero attached hydrogens (tertiary/aromatic N) is 3. The molecule has 1 aliphatic rings. The van der Waals surface area contributed by atoms with Crippen molar-refractivity contribution in [1.29, 1.82) is 0 Å². The lowest BCUT2D eigenvalue weighted by Gasteiger charge is -2.29. The van der Waals surface area contributed by atoms with Crippen LogP contribution in [0.2, 0.25) is 0 Å². The van der Waals surface area contributed by atoms with Gasteiger partial charge in [-0.15, -0.1) is 10.2 Å². The number of carbonyl (C=O) groups is 1. The number of likely N-dealkylation sites (tertiary alicyclic amines) is 1. The SMILES string of the molecule is COc1cc(C=CC(=O)N2CCC(c3nnc(C(F)(F)F)o3)CC2)cc(OC)c1OC. The monoisotopic (exact) mass is 441 g/mol. The van der Waals surface area contributed by atoms with Crippen LogP contribution >= 0.6 is 0 Å². The average Bonchev–Trinajstić information content (AvgIpc) is 3.27. The summed E-state index contributed by atoms with van der Waals surface area (Å²) in [4.78, 5) is 14.2. The van der Waals surface area contributed by atoms with Crippen molar-refractivity contribution < 1.29 is 36.6 Å². The first-order chi connectivity index (χ1) is 14.8. The topological polar surface area (TPSA) is 86.9 Å². The summed E-state index contributed by atoms with van der Waals surface area (Å²) in [6.45, 7) is 0.736. The molecule has 0 N–H and O–H groups in total. The van der Waals surface area contributed by atoms with Crippen molar-refractivity contribution in [3.8, 4) is 17.2 Å². The van der Waals surface area contributed by atoms with E-state index < -0.39 is 12.1 Å². The number of benzene rings is 1. The van der Waals surface area contributed by atoms with Gasteiger partial charge in [-0.05, 0) is 36.6 Å². The summed E-state index contributed by atoms with van der Waals surface area (Å²) in [6.07, 6.45) is -0.742. The van der Waals surface area contributed by atoms with Crippen molar-refractivity contribution in [2.24, 2.45) is 0 Å². The molecule has 0 saturated carbocycles. The zero-order valence-corrected chi connectivity index (χ0v) is 17.2. The summed E-state index contributed by atoms with van der Waals surface area (Å²) in [6, 6.07) is 3.43. The van der Waals surface area contributed by atoms with Crippen LogP contribution in [-0.2, 0) is 11.0 Å². The molecule has 1 aromatic heterocycles. The molecule has 168 valence electrons. The molecule has 1 fully saturated rings. The normalized spacial score (nSPS) is 15.4. The van der Waals surface area contributed by atoms with E-state index in [9.17, 15) is 18.0 Å². The van der Waals surface area contributed by atoms with E-state index in [4.69, 9.17) is 18.6 Å². The van der Waals surface area contributed by atoms with Gasteiger partial charge in [0.25, 0.3) is 0 Å². The van der Waals surface area contributed by atoms with Crippen molar-refractivity contribution in [2.45, 2.75) is 24.9 Å². The highest BCUT2D eigenvalue weighted by Gasteiger charge is 2.39. The molecule has 1 aromatic carbocycles. The minimum absolute atomic E-state index is 0.0487. The molecule has 8 nitrogen and oxygen atoms in total. The van der Waals surface area contributed by atoms with Crippen LogP contribution < -0.4 is 14.2 Å². The number of ether oxygens (including phenoxy) is 3. The number of alkyl halides is 3. The van der Waals surface area contributed by atoms with E-state index in [0.717, 1.165) is 0 Å². The quantitative estimate of drug-likeness (QED) is 0.634. The van der Waals surface area contributed by atoms with Gasteiger partial charge in [-0.25, -0.2) is 0 Å². The van der Waals surface area contributed by atoms with Gasteiger partial charge in [0.15, 0.2) is 11.5 Å². The van der Waals surface area contributed by atoms with Gasteiger partial charge in [0, 0.05) is 25.1 Å². The number of rotatable bonds is 6. The first-order valence-electron chi connectivity index (χ1n) is 9.44. The third-order valence-corrected chi connectivity index (χ3v) is 4.94. The molecule has 0 atom stereocenters. The highest BCUT2D eigenvalue weighted by atomic mass is 19.4. The van der Waals surface area contributed by atoms with Gasteiger partial charge in [-0.1, -0.05) is 0 Å². The van der Waals surface area contributed by atoms with E-state index in [0.29, 0.717) is 48.7 Å². The van der Waals surface area contributed by atoms with Crippen LogP contribution in [0.5, 0.6) is 17.2 Å². The molecule has 31 heavy (non-hydrogen) atoms. The second kappa shape index (κ2) is 9.27. The standard InChI is InChI=1S/C20H22F3N3O5/c1-28-14-10-12(11-15(29-2)17(14)30-3)4-5-16(27)26-8-6-13(7-9-26)18-24-25-19(31-18)20(21,22)23/h4-5,10-11,13H,6-9H2,1-3H3. The Kier molecular flexibility index (Phi) is 6.71. The lowest BCUT2D eigenvalue weighted by Crippen LogP contribution is -2.36. The van der Waals surface area contributed by atoms with Crippen LogP contribution in [0, 0.1) is 0 Å². The molecule has 1 amide bonds. The highest BCUT2D eigenvalue weighted by Crippen LogP contribution is 2.38. The predicted octanol–water partition coefficient (Wildman–Crippen LogP) is 3.53. The summed E-state index contributed by atoms with van der Waals surface area (Å²) >= 11 is 0. The summed E-state index contributed by atoms with van der Waals surface area (Å²) in [5.74, 6) is -0.549. The summed E-state index contributed by atoms with van der Waals surface area (Å²) < 4.78 is 58.5. The van der Waals surface area contributed by atoms with Crippen LogP contribution in [0.15, 0.2) is 22.6 Å². The van der Waals surface area contributed by atoms with E-state index in [1.54, 1.807) is 23.1 Å². The molecular formula is C20H22F3N3O5. The number of hydrogen-bond acceptors (Lipinski definition) is 7. The van der Waals surface area contributed by atoms with Gasteiger partial charge < -0.3 is 23.5 Å². The minimum Gasteiger partial charge on any atom is -0.493 e. The molecule has 11 heteroatoms.